The minimum atomic E-state index is -0.226. The highest BCUT2D eigenvalue weighted by atomic mass is 32.2. The number of benzene rings is 1. The Kier molecular flexibility index (Phi) is 7.82. The SMILES string of the molecule is COc1ccc(NC(=O)Cn2cc(NC(=O)CCc3c(C)nc(SC)nc3C)cn2)cc1. The van der Waals surface area contributed by atoms with Gasteiger partial charge in [0.25, 0.3) is 0 Å². The second kappa shape index (κ2) is 10.8. The molecule has 0 aliphatic rings. The normalized spacial score (nSPS) is 10.6. The highest BCUT2D eigenvalue weighted by Gasteiger charge is 2.12. The quantitative estimate of drug-likeness (QED) is 0.377. The Labute approximate surface area is 191 Å². The van der Waals surface area contributed by atoms with Crippen molar-refractivity contribution in [3.05, 3.63) is 53.6 Å². The van der Waals surface area contributed by atoms with Crippen molar-refractivity contribution >= 4 is 35.0 Å². The van der Waals surface area contributed by atoms with Gasteiger partial charge in [0.2, 0.25) is 11.8 Å². The zero-order valence-electron chi connectivity index (χ0n) is 18.5. The summed E-state index contributed by atoms with van der Waals surface area (Å²) in [5.41, 5.74) is 3.98. The smallest absolute Gasteiger partial charge is 0.246 e. The summed E-state index contributed by atoms with van der Waals surface area (Å²) >= 11 is 1.50. The van der Waals surface area contributed by atoms with E-state index in [-0.39, 0.29) is 18.4 Å². The molecule has 0 radical (unpaired) electrons. The van der Waals surface area contributed by atoms with Crippen LogP contribution >= 0.6 is 11.8 Å². The number of hydrogen-bond donors (Lipinski definition) is 2. The number of nitrogens with zero attached hydrogens (tertiary/aromatic N) is 4. The van der Waals surface area contributed by atoms with Crippen LogP contribution in [0.15, 0.2) is 41.8 Å². The van der Waals surface area contributed by atoms with E-state index in [1.165, 1.54) is 22.6 Å². The van der Waals surface area contributed by atoms with Gasteiger partial charge >= 0.3 is 0 Å². The minimum absolute atomic E-state index is 0.0272. The fourth-order valence-electron chi connectivity index (χ4n) is 3.16. The van der Waals surface area contributed by atoms with Crippen molar-refractivity contribution in [3.63, 3.8) is 0 Å². The number of amides is 2. The maximum atomic E-state index is 12.4. The highest BCUT2D eigenvalue weighted by molar-refractivity contribution is 7.98. The number of carbonyl (C=O) groups excluding carboxylic acids is 2. The first-order chi connectivity index (χ1) is 15.4. The second-order valence-electron chi connectivity index (χ2n) is 7.11. The maximum Gasteiger partial charge on any atom is 0.246 e. The van der Waals surface area contributed by atoms with Gasteiger partial charge in [-0.2, -0.15) is 5.10 Å². The van der Waals surface area contributed by atoms with Crippen LogP contribution in [0.5, 0.6) is 5.75 Å². The predicted octanol–water partition coefficient (Wildman–Crippen LogP) is 3.23. The number of aromatic nitrogens is 4. The fraction of sp³-hybridized carbons (Fsp3) is 0.318. The summed E-state index contributed by atoms with van der Waals surface area (Å²) < 4.78 is 6.57. The van der Waals surface area contributed by atoms with E-state index in [1.54, 1.807) is 37.6 Å². The van der Waals surface area contributed by atoms with E-state index in [9.17, 15) is 9.59 Å². The Hall–Kier alpha value is -3.40. The fourth-order valence-corrected chi connectivity index (χ4v) is 3.62. The van der Waals surface area contributed by atoms with E-state index in [0.717, 1.165) is 22.1 Å². The Bertz CT molecular complexity index is 1070. The molecule has 0 saturated heterocycles. The van der Waals surface area contributed by atoms with Gasteiger partial charge in [-0.25, -0.2) is 9.97 Å². The summed E-state index contributed by atoms with van der Waals surface area (Å²) in [6.45, 7) is 3.89. The van der Waals surface area contributed by atoms with Crippen molar-refractivity contribution in [1.29, 1.82) is 0 Å². The Balaban J connectivity index is 1.50. The van der Waals surface area contributed by atoms with Gasteiger partial charge in [-0.15, -0.1) is 0 Å². The Morgan fingerprint density at radius 3 is 2.31 bits per heavy atom. The van der Waals surface area contributed by atoms with Crippen LogP contribution in [-0.2, 0) is 22.6 Å². The van der Waals surface area contributed by atoms with Crippen LogP contribution in [0.2, 0.25) is 0 Å². The molecule has 2 aromatic heterocycles. The van der Waals surface area contributed by atoms with Crippen molar-refractivity contribution < 1.29 is 14.3 Å². The van der Waals surface area contributed by atoms with Crippen LogP contribution in [0.4, 0.5) is 11.4 Å². The second-order valence-corrected chi connectivity index (χ2v) is 7.88. The maximum absolute atomic E-state index is 12.4. The third-order valence-corrected chi connectivity index (χ3v) is 5.33. The minimum Gasteiger partial charge on any atom is -0.497 e. The summed E-state index contributed by atoms with van der Waals surface area (Å²) in [6.07, 6.45) is 5.93. The number of anilines is 2. The number of nitrogens with one attached hydrogen (secondary N) is 2. The molecule has 2 amide bonds. The van der Waals surface area contributed by atoms with E-state index in [0.29, 0.717) is 30.0 Å². The Morgan fingerprint density at radius 2 is 1.69 bits per heavy atom. The summed E-state index contributed by atoms with van der Waals surface area (Å²) in [5, 5.41) is 10.5. The highest BCUT2D eigenvalue weighted by Crippen LogP contribution is 2.18. The summed E-state index contributed by atoms with van der Waals surface area (Å²) in [4.78, 5) is 33.5. The van der Waals surface area contributed by atoms with Crippen molar-refractivity contribution in [2.75, 3.05) is 24.0 Å². The van der Waals surface area contributed by atoms with Gasteiger partial charge in [0.05, 0.1) is 19.0 Å². The standard InChI is InChI=1S/C22H26N6O3S/c1-14-19(15(2)25-22(24-14)32-4)9-10-20(29)27-17-11-23-28(12-17)13-21(30)26-16-5-7-18(31-3)8-6-16/h5-8,11-12H,9-10,13H2,1-4H3,(H,26,30)(H,27,29). The average Bonchev–Trinajstić information content (AvgIpc) is 3.19. The summed E-state index contributed by atoms with van der Waals surface area (Å²) in [6, 6.07) is 7.05. The van der Waals surface area contributed by atoms with E-state index >= 15 is 0 Å². The lowest BCUT2D eigenvalue weighted by atomic mass is 10.1. The predicted molar refractivity (Wildman–Crippen MR) is 124 cm³/mol. The van der Waals surface area contributed by atoms with Crippen molar-refractivity contribution in [3.8, 4) is 5.75 Å². The number of hydrogen-bond acceptors (Lipinski definition) is 7. The largest absolute Gasteiger partial charge is 0.497 e. The van der Waals surface area contributed by atoms with Crippen LogP contribution < -0.4 is 15.4 Å². The molecular formula is C22H26N6O3S. The van der Waals surface area contributed by atoms with E-state index in [4.69, 9.17) is 4.74 Å². The van der Waals surface area contributed by atoms with Gasteiger partial charge in [0, 0.05) is 29.7 Å². The molecule has 2 N–H and O–H groups in total. The lowest BCUT2D eigenvalue weighted by Crippen LogP contribution is -2.19. The van der Waals surface area contributed by atoms with Crippen LogP contribution in [0.3, 0.4) is 0 Å². The molecule has 1 aromatic carbocycles. The first-order valence-corrected chi connectivity index (χ1v) is 11.2. The monoisotopic (exact) mass is 454 g/mol. The third-order valence-electron chi connectivity index (χ3n) is 4.78. The van der Waals surface area contributed by atoms with E-state index in [1.807, 2.05) is 20.1 Å². The Morgan fingerprint density at radius 1 is 1.03 bits per heavy atom. The van der Waals surface area contributed by atoms with Gasteiger partial charge in [-0.1, -0.05) is 11.8 Å². The summed E-state index contributed by atoms with van der Waals surface area (Å²) in [5.74, 6) is 0.348. The van der Waals surface area contributed by atoms with Crippen LogP contribution in [0.1, 0.15) is 23.4 Å². The molecule has 3 aromatic rings. The molecule has 2 heterocycles. The molecule has 168 valence electrons. The molecule has 0 bridgehead atoms. The van der Waals surface area contributed by atoms with Crippen molar-refractivity contribution in [2.45, 2.75) is 38.4 Å². The third kappa shape index (κ3) is 6.30. The molecule has 0 aliphatic heterocycles. The van der Waals surface area contributed by atoms with Crippen molar-refractivity contribution in [1.82, 2.24) is 19.7 Å². The molecule has 32 heavy (non-hydrogen) atoms. The van der Waals surface area contributed by atoms with Gasteiger partial charge in [0.15, 0.2) is 5.16 Å². The summed E-state index contributed by atoms with van der Waals surface area (Å²) in [7, 11) is 1.58. The lowest BCUT2D eigenvalue weighted by Gasteiger charge is -2.09. The molecule has 10 heteroatoms. The number of carbonyl (C=O) groups is 2. The van der Waals surface area contributed by atoms with Gasteiger partial charge < -0.3 is 15.4 Å². The average molecular weight is 455 g/mol. The number of ether oxygens (including phenoxy) is 1. The molecule has 0 unspecified atom stereocenters. The molecule has 0 atom stereocenters. The molecule has 0 saturated carbocycles. The number of thioether (sulfide) groups is 1. The number of rotatable bonds is 9. The van der Waals surface area contributed by atoms with Crippen LogP contribution in [0.25, 0.3) is 0 Å². The topological polar surface area (TPSA) is 111 Å². The molecule has 9 nitrogen and oxygen atoms in total. The first kappa shape index (κ1) is 23.3. The van der Waals surface area contributed by atoms with Gasteiger partial charge in [-0.3, -0.25) is 14.3 Å². The molecular weight excluding hydrogens is 428 g/mol. The van der Waals surface area contributed by atoms with Crippen molar-refractivity contribution in [2.24, 2.45) is 0 Å². The van der Waals surface area contributed by atoms with E-state index in [2.05, 4.69) is 25.7 Å². The molecule has 3 rings (SSSR count). The van der Waals surface area contributed by atoms with E-state index < -0.39 is 0 Å². The molecule has 0 spiro atoms. The zero-order valence-corrected chi connectivity index (χ0v) is 19.3. The van der Waals surface area contributed by atoms with Crippen LogP contribution in [-0.4, -0.2) is 44.9 Å². The van der Waals surface area contributed by atoms with Crippen LogP contribution in [0, 0.1) is 13.8 Å². The van der Waals surface area contributed by atoms with Gasteiger partial charge in [-0.05, 0) is 56.4 Å². The zero-order chi connectivity index (χ0) is 23.1. The number of aryl methyl sites for hydroxylation is 2. The van der Waals surface area contributed by atoms with Gasteiger partial charge in [0.1, 0.15) is 12.3 Å². The first-order valence-electron chi connectivity index (χ1n) is 10.0. The lowest BCUT2D eigenvalue weighted by molar-refractivity contribution is -0.117. The molecule has 0 fully saturated rings. The molecule has 0 aliphatic carbocycles. The number of methoxy groups -OCH3 is 1.